The van der Waals surface area contributed by atoms with Gasteiger partial charge in [-0.3, -0.25) is 4.90 Å². The van der Waals surface area contributed by atoms with Crippen molar-refractivity contribution < 1.29 is 9.84 Å². The summed E-state index contributed by atoms with van der Waals surface area (Å²) in [5.74, 6) is 0. The first-order valence-electron chi connectivity index (χ1n) is 6.50. The zero-order valence-electron chi connectivity index (χ0n) is 11.4. The second kappa shape index (κ2) is 9.50. The van der Waals surface area contributed by atoms with Gasteiger partial charge < -0.3 is 9.84 Å². The Morgan fingerprint density at radius 1 is 1.16 bits per heavy atom. The van der Waals surface area contributed by atoms with Gasteiger partial charge in [-0.15, -0.1) is 13.2 Å². The van der Waals surface area contributed by atoms with Crippen LogP contribution in [0, 0.1) is 0 Å². The number of nitrogens with zero attached hydrogens (tertiary/aromatic N) is 1. The van der Waals surface area contributed by atoms with Gasteiger partial charge in [0.2, 0.25) is 0 Å². The maximum absolute atomic E-state index is 9.92. The molecule has 1 N–H and O–H groups in total. The fourth-order valence-corrected chi connectivity index (χ4v) is 1.83. The van der Waals surface area contributed by atoms with Crippen LogP contribution in [0.25, 0.3) is 0 Å². The fourth-order valence-electron chi connectivity index (χ4n) is 1.83. The summed E-state index contributed by atoms with van der Waals surface area (Å²) in [6.45, 7) is 10.3. The minimum absolute atomic E-state index is 0.333. The molecule has 0 aromatic heterocycles. The monoisotopic (exact) mass is 261 g/mol. The summed E-state index contributed by atoms with van der Waals surface area (Å²) >= 11 is 0. The first-order chi connectivity index (χ1) is 9.26. The largest absolute Gasteiger partial charge is 0.389 e. The summed E-state index contributed by atoms with van der Waals surface area (Å²) in [5, 5.41) is 9.92. The first-order valence-corrected chi connectivity index (χ1v) is 6.50. The number of ether oxygens (including phenoxy) is 1. The third-order valence-electron chi connectivity index (χ3n) is 2.67. The molecule has 0 aliphatic rings. The van der Waals surface area contributed by atoms with Crippen molar-refractivity contribution in [3.05, 3.63) is 61.2 Å². The number of rotatable bonds is 10. The lowest BCUT2D eigenvalue weighted by atomic mass is 10.2. The molecule has 0 aliphatic heterocycles. The summed E-state index contributed by atoms with van der Waals surface area (Å²) in [6, 6.07) is 9.94. The van der Waals surface area contributed by atoms with Crippen molar-refractivity contribution in [2.75, 3.05) is 26.2 Å². The Hall–Kier alpha value is -1.42. The molecule has 1 aromatic carbocycles. The number of aliphatic hydroxyl groups excluding tert-OH is 1. The van der Waals surface area contributed by atoms with E-state index in [0.717, 1.165) is 18.7 Å². The van der Waals surface area contributed by atoms with Gasteiger partial charge in [-0.2, -0.15) is 0 Å². The lowest BCUT2D eigenvalue weighted by molar-refractivity contribution is 0.0132. The third-order valence-corrected chi connectivity index (χ3v) is 2.67. The standard InChI is InChI=1S/C16H23NO2/c1-3-10-17(11-4-2)12-16(18)14-19-13-15-8-6-5-7-9-15/h3-9,16,18H,1-2,10-14H2. The zero-order valence-corrected chi connectivity index (χ0v) is 11.4. The molecule has 0 radical (unpaired) electrons. The molecule has 1 atom stereocenters. The summed E-state index contributed by atoms with van der Waals surface area (Å²) in [4.78, 5) is 2.07. The first kappa shape index (κ1) is 15.6. The van der Waals surface area contributed by atoms with Crippen LogP contribution < -0.4 is 0 Å². The average molecular weight is 261 g/mol. The van der Waals surface area contributed by atoms with Gasteiger partial charge in [0.05, 0.1) is 19.3 Å². The van der Waals surface area contributed by atoms with E-state index < -0.39 is 6.10 Å². The normalized spacial score (nSPS) is 12.3. The maximum Gasteiger partial charge on any atom is 0.0900 e. The van der Waals surface area contributed by atoms with E-state index in [1.165, 1.54) is 0 Å². The van der Waals surface area contributed by atoms with E-state index in [9.17, 15) is 5.11 Å². The zero-order chi connectivity index (χ0) is 13.9. The van der Waals surface area contributed by atoms with Crippen LogP contribution in [0.5, 0.6) is 0 Å². The van der Waals surface area contributed by atoms with Gasteiger partial charge in [-0.25, -0.2) is 0 Å². The Morgan fingerprint density at radius 3 is 2.37 bits per heavy atom. The van der Waals surface area contributed by atoms with Gasteiger partial charge in [0.25, 0.3) is 0 Å². The lowest BCUT2D eigenvalue weighted by Crippen LogP contribution is -2.35. The van der Waals surface area contributed by atoms with Crippen molar-refractivity contribution in [3.63, 3.8) is 0 Å². The number of aliphatic hydroxyl groups is 1. The number of benzene rings is 1. The van der Waals surface area contributed by atoms with Crippen LogP contribution in [-0.2, 0) is 11.3 Å². The minimum Gasteiger partial charge on any atom is -0.389 e. The summed E-state index contributed by atoms with van der Waals surface area (Å²) < 4.78 is 5.51. The maximum atomic E-state index is 9.92. The molecule has 0 heterocycles. The van der Waals surface area contributed by atoms with E-state index in [4.69, 9.17) is 4.74 Å². The lowest BCUT2D eigenvalue weighted by Gasteiger charge is -2.22. The van der Waals surface area contributed by atoms with Gasteiger partial charge >= 0.3 is 0 Å². The molecule has 3 heteroatoms. The Balaban J connectivity index is 2.24. The van der Waals surface area contributed by atoms with Crippen molar-refractivity contribution >= 4 is 0 Å². The van der Waals surface area contributed by atoms with Crippen LogP contribution in [0.1, 0.15) is 5.56 Å². The molecule has 0 fully saturated rings. The van der Waals surface area contributed by atoms with Crippen molar-refractivity contribution in [1.29, 1.82) is 0 Å². The average Bonchev–Trinajstić information content (AvgIpc) is 2.40. The molecule has 0 bridgehead atoms. The second-order valence-electron chi connectivity index (χ2n) is 4.45. The summed E-state index contributed by atoms with van der Waals surface area (Å²) in [5.41, 5.74) is 1.11. The van der Waals surface area contributed by atoms with E-state index in [2.05, 4.69) is 18.1 Å². The van der Waals surface area contributed by atoms with Crippen molar-refractivity contribution in [2.45, 2.75) is 12.7 Å². The van der Waals surface area contributed by atoms with Gasteiger partial charge in [-0.1, -0.05) is 42.5 Å². The molecule has 0 spiro atoms. The van der Waals surface area contributed by atoms with Crippen LogP contribution in [0.4, 0.5) is 0 Å². The van der Waals surface area contributed by atoms with Gasteiger partial charge in [0.1, 0.15) is 0 Å². The molecule has 1 unspecified atom stereocenters. The van der Waals surface area contributed by atoms with Crippen LogP contribution in [0.15, 0.2) is 55.6 Å². The molecule has 0 aliphatic carbocycles. The van der Waals surface area contributed by atoms with E-state index in [0.29, 0.717) is 19.8 Å². The number of hydrogen-bond acceptors (Lipinski definition) is 3. The Bertz CT molecular complexity index is 354. The van der Waals surface area contributed by atoms with Crippen molar-refractivity contribution in [2.24, 2.45) is 0 Å². The smallest absolute Gasteiger partial charge is 0.0900 e. The molecule has 3 nitrogen and oxygen atoms in total. The SMILES string of the molecule is C=CCN(CC=C)CC(O)COCc1ccccc1. The highest BCUT2D eigenvalue weighted by Crippen LogP contribution is 2.02. The van der Waals surface area contributed by atoms with E-state index >= 15 is 0 Å². The topological polar surface area (TPSA) is 32.7 Å². The molecule has 0 saturated carbocycles. The van der Waals surface area contributed by atoms with Crippen LogP contribution >= 0.6 is 0 Å². The van der Waals surface area contributed by atoms with E-state index in [1.54, 1.807) is 0 Å². The predicted octanol–water partition coefficient (Wildman–Crippen LogP) is 2.24. The van der Waals surface area contributed by atoms with Crippen molar-refractivity contribution in [3.8, 4) is 0 Å². The van der Waals surface area contributed by atoms with Crippen LogP contribution in [-0.4, -0.2) is 42.4 Å². The Labute approximate surface area is 115 Å². The van der Waals surface area contributed by atoms with Crippen molar-refractivity contribution in [1.82, 2.24) is 4.90 Å². The highest BCUT2D eigenvalue weighted by atomic mass is 16.5. The molecule has 0 saturated heterocycles. The van der Waals surface area contributed by atoms with Crippen LogP contribution in [0.2, 0.25) is 0 Å². The Morgan fingerprint density at radius 2 is 1.79 bits per heavy atom. The molecule has 1 rings (SSSR count). The highest BCUT2D eigenvalue weighted by molar-refractivity contribution is 5.13. The van der Waals surface area contributed by atoms with Gasteiger partial charge in [0.15, 0.2) is 0 Å². The second-order valence-corrected chi connectivity index (χ2v) is 4.45. The van der Waals surface area contributed by atoms with Gasteiger partial charge in [0, 0.05) is 19.6 Å². The third kappa shape index (κ3) is 6.91. The predicted molar refractivity (Wildman–Crippen MR) is 78.9 cm³/mol. The molecule has 104 valence electrons. The van der Waals surface area contributed by atoms with E-state index in [1.807, 2.05) is 42.5 Å². The summed E-state index contributed by atoms with van der Waals surface area (Å²) in [7, 11) is 0. The molecule has 19 heavy (non-hydrogen) atoms. The molecular formula is C16H23NO2. The molecule has 1 aromatic rings. The minimum atomic E-state index is -0.497. The summed E-state index contributed by atoms with van der Waals surface area (Å²) in [6.07, 6.45) is 3.14. The quantitative estimate of drug-likeness (QED) is 0.656. The van der Waals surface area contributed by atoms with Gasteiger partial charge in [-0.05, 0) is 5.56 Å². The highest BCUT2D eigenvalue weighted by Gasteiger charge is 2.09. The molecule has 0 amide bonds. The number of hydrogen-bond donors (Lipinski definition) is 1. The van der Waals surface area contributed by atoms with Crippen LogP contribution in [0.3, 0.4) is 0 Å². The van der Waals surface area contributed by atoms with E-state index in [-0.39, 0.29) is 0 Å². The molecular weight excluding hydrogens is 238 g/mol. The Kier molecular flexibility index (Phi) is 7.82. The fraction of sp³-hybridized carbons (Fsp3) is 0.375.